The number of hydrogen-bond donors (Lipinski definition) is 0. The summed E-state index contributed by atoms with van der Waals surface area (Å²) in [4.78, 5) is 9.88. The molecule has 1 spiro atoms. The number of anilines is 11. The van der Waals surface area contributed by atoms with Gasteiger partial charge in [0.25, 0.3) is 0 Å². The van der Waals surface area contributed by atoms with Crippen LogP contribution in [-0.2, 0) is 10.8 Å². The molecule has 6 aliphatic rings. The van der Waals surface area contributed by atoms with Crippen molar-refractivity contribution in [2.24, 2.45) is 0 Å². The van der Waals surface area contributed by atoms with Crippen LogP contribution in [0, 0.1) is 0 Å². The number of rotatable bonds is 6. The lowest BCUT2D eigenvalue weighted by atomic mass is 9.70. The maximum absolute atomic E-state index is 2.53. The van der Waals surface area contributed by atoms with E-state index >= 15 is 0 Å². The lowest BCUT2D eigenvalue weighted by Crippen LogP contribution is -2.34. The number of hydrogen-bond acceptors (Lipinski definition) is 4. The van der Waals surface area contributed by atoms with Crippen molar-refractivity contribution in [2.75, 3.05) is 19.6 Å². The Kier molecular flexibility index (Phi) is 10.1. The maximum Gasteiger partial charge on any atom is 0.0726 e. The van der Waals surface area contributed by atoms with Crippen LogP contribution in [0.25, 0.3) is 45.5 Å². The van der Waals surface area contributed by atoms with E-state index in [0.29, 0.717) is 0 Å². The van der Waals surface area contributed by atoms with E-state index in [2.05, 4.69) is 319 Å². The summed E-state index contributed by atoms with van der Waals surface area (Å²) in [5.74, 6) is 0. The molecule has 4 aliphatic carbocycles. The molecule has 388 valence electrons. The van der Waals surface area contributed by atoms with Gasteiger partial charge in [0.05, 0.1) is 57.0 Å². The summed E-state index contributed by atoms with van der Waals surface area (Å²) < 4.78 is 0. The first-order valence-corrected chi connectivity index (χ1v) is 28.9. The summed E-state index contributed by atoms with van der Waals surface area (Å²) in [5, 5.41) is 0. The third-order valence-electron chi connectivity index (χ3n) is 18.6. The summed E-state index contributed by atoms with van der Waals surface area (Å²) in [5.41, 5.74) is 30.3. The first-order chi connectivity index (χ1) is 40.4. The van der Waals surface area contributed by atoms with Gasteiger partial charge in [0, 0.05) is 22.5 Å². The van der Waals surface area contributed by atoms with Gasteiger partial charge in [-0.2, -0.15) is 0 Å². The second-order valence-corrected chi connectivity index (χ2v) is 23.2. The topological polar surface area (TPSA) is 13.0 Å². The molecule has 2 heterocycles. The van der Waals surface area contributed by atoms with E-state index in [1.54, 1.807) is 0 Å². The molecule has 0 saturated carbocycles. The van der Waals surface area contributed by atoms with Gasteiger partial charge in [-0.15, -0.1) is 0 Å². The smallest absolute Gasteiger partial charge is 0.0726 e. The predicted octanol–water partition coefficient (Wildman–Crippen LogP) is 20.6. The standard InChI is InChI=1S/C78H56N4/c1-77(2)65-47-51(39-43-59(65)60-45-41-55(49-66(60)77)81-73-33-17-13-29-69(73)79(53-21-5-3-6-22-53)70-30-14-18-34-74(70)81)37-38-52-40-44-61-62-46-42-56(50-68(62)78(67(61)48-52)63-27-11-9-25-57(63)58-26-10-12-28-64(58)78)82-75-35-19-15-31-71(75)80(54-23-7-4-8-24-54)72-32-16-20-36-76(72)82/h3-21,23-50,53H,22H2,1-2H3. The fraction of sp³-hybridized carbons (Fsp3) is 0.0769. The Morgan fingerprint density at radius 3 is 1.22 bits per heavy atom. The average molecular weight is 1050 g/mol. The summed E-state index contributed by atoms with van der Waals surface area (Å²) >= 11 is 0. The Labute approximate surface area is 479 Å². The Hall–Kier alpha value is -10.2. The Balaban J connectivity index is 0.744. The number of nitrogens with zero attached hydrogens (tertiary/aromatic N) is 4. The van der Waals surface area contributed by atoms with Crippen LogP contribution in [0.4, 0.5) is 62.6 Å². The summed E-state index contributed by atoms with van der Waals surface area (Å²) in [6, 6.07) is 93.5. The molecule has 11 aromatic carbocycles. The molecule has 0 saturated heterocycles. The van der Waals surface area contributed by atoms with Crippen molar-refractivity contribution >= 4 is 74.7 Å². The zero-order valence-electron chi connectivity index (χ0n) is 45.7. The Bertz CT molecular complexity index is 4440. The zero-order chi connectivity index (χ0) is 54.3. The Morgan fingerprint density at radius 1 is 0.329 bits per heavy atom. The van der Waals surface area contributed by atoms with Crippen molar-refractivity contribution < 1.29 is 0 Å². The van der Waals surface area contributed by atoms with E-state index in [1.807, 2.05) is 0 Å². The minimum Gasteiger partial charge on any atom is -0.331 e. The van der Waals surface area contributed by atoms with Crippen LogP contribution in [-0.4, -0.2) is 6.04 Å². The molecule has 2 aliphatic heterocycles. The van der Waals surface area contributed by atoms with E-state index in [9.17, 15) is 0 Å². The van der Waals surface area contributed by atoms with Gasteiger partial charge in [0.15, 0.2) is 0 Å². The molecule has 4 heteroatoms. The van der Waals surface area contributed by atoms with E-state index < -0.39 is 5.41 Å². The van der Waals surface area contributed by atoms with Crippen molar-refractivity contribution in [3.8, 4) is 33.4 Å². The van der Waals surface area contributed by atoms with Crippen LogP contribution in [0.5, 0.6) is 0 Å². The molecule has 0 aromatic heterocycles. The second kappa shape index (κ2) is 17.7. The highest BCUT2D eigenvalue weighted by atomic mass is 15.3. The van der Waals surface area contributed by atoms with Crippen molar-refractivity contribution in [3.05, 3.63) is 318 Å². The fourth-order valence-corrected chi connectivity index (χ4v) is 15.0. The van der Waals surface area contributed by atoms with E-state index in [-0.39, 0.29) is 11.5 Å². The van der Waals surface area contributed by atoms with Crippen LogP contribution in [0.15, 0.2) is 273 Å². The van der Waals surface area contributed by atoms with Crippen molar-refractivity contribution in [2.45, 2.75) is 37.1 Å². The van der Waals surface area contributed by atoms with Crippen LogP contribution < -0.4 is 19.6 Å². The molecular formula is C78H56N4. The molecular weight excluding hydrogens is 993 g/mol. The van der Waals surface area contributed by atoms with Crippen LogP contribution >= 0.6 is 0 Å². The molecule has 0 N–H and O–H groups in total. The van der Waals surface area contributed by atoms with Gasteiger partial charge in [-0.1, -0.05) is 208 Å². The number of fused-ring (bicyclic) bond motifs is 17. The molecule has 17 rings (SSSR count). The third-order valence-corrected chi connectivity index (χ3v) is 18.6. The lowest BCUT2D eigenvalue weighted by Gasteiger charge is -2.43. The number of allylic oxidation sites excluding steroid dienone is 2. The highest BCUT2D eigenvalue weighted by Crippen LogP contribution is 2.65. The Morgan fingerprint density at radius 2 is 0.707 bits per heavy atom. The lowest BCUT2D eigenvalue weighted by molar-refractivity contribution is 0.660. The fourth-order valence-electron chi connectivity index (χ4n) is 15.0. The van der Waals surface area contributed by atoms with Crippen LogP contribution in [0.3, 0.4) is 0 Å². The number of para-hydroxylation sites is 9. The summed E-state index contributed by atoms with van der Waals surface area (Å²) in [6.07, 6.45) is 14.6. The molecule has 82 heavy (non-hydrogen) atoms. The minimum atomic E-state index is -0.535. The first kappa shape index (κ1) is 46.7. The first-order valence-electron chi connectivity index (χ1n) is 28.9. The molecule has 1 unspecified atom stereocenters. The van der Waals surface area contributed by atoms with Gasteiger partial charge < -0.3 is 19.6 Å². The molecule has 0 radical (unpaired) electrons. The molecule has 1 atom stereocenters. The van der Waals surface area contributed by atoms with E-state index in [0.717, 1.165) is 40.5 Å². The van der Waals surface area contributed by atoms with Crippen molar-refractivity contribution in [3.63, 3.8) is 0 Å². The largest absolute Gasteiger partial charge is 0.331 e. The van der Waals surface area contributed by atoms with Crippen molar-refractivity contribution in [1.29, 1.82) is 0 Å². The predicted molar refractivity (Wildman–Crippen MR) is 342 cm³/mol. The monoisotopic (exact) mass is 1050 g/mol. The quantitative estimate of drug-likeness (QED) is 0.154. The number of benzene rings is 11. The van der Waals surface area contributed by atoms with Gasteiger partial charge in [0.1, 0.15) is 0 Å². The SMILES string of the molecule is CC1(C)c2cc(C=Cc3ccc4c(c3)C3(c5ccccc5-c5ccccc53)c3cc(N5c6ccccc6N(c6ccccc6)c6ccccc65)ccc3-4)ccc2-c2ccc(N3c4ccccc4N(C4C=CC=CC4)c4ccccc43)cc21. The van der Waals surface area contributed by atoms with Crippen molar-refractivity contribution in [1.82, 2.24) is 0 Å². The van der Waals surface area contributed by atoms with Gasteiger partial charge in [-0.25, -0.2) is 0 Å². The van der Waals surface area contributed by atoms with Crippen LogP contribution in [0.1, 0.15) is 64.8 Å². The average Bonchev–Trinajstić information content (AvgIpc) is 2.35. The summed E-state index contributed by atoms with van der Waals surface area (Å²) in [7, 11) is 0. The van der Waals surface area contributed by atoms with Crippen LogP contribution in [0.2, 0.25) is 0 Å². The van der Waals surface area contributed by atoms with Gasteiger partial charge >= 0.3 is 0 Å². The van der Waals surface area contributed by atoms with Gasteiger partial charge in [0.2, 0.25) is 0 Å². The minimum absolute atomic E-state index is 0.224. The van der Waals surface area contributed by atoms with Gasteiger partial charge in [-0.05, 0) is 175 Å². The van der Waals surface area contributed by atoms with Gasteiger partial charge in [-0.3, -0.25) is 0 Å². The molecule has 0 bridgehead atoms. The third kappa shape index (κ3) is 6.55. The summed E-state index contributed by atoms with van der Waals surface area (Å²) in [6.45, 7) is 4.81. The molecule has 4 nitrogen and oxygen atoms in total. The molecule has 0 amide bonds. The molecule has 0 fully saturated rings. The van der Waals surface area contributed by atoms with E-state index in [4.69, 9.17) is 0 Å². The molecule has 11 aromatic rings. The second-order valence-electron chi connectivity index (χ2n) is 23.2. The highest BCUT2D eigenvalue weighted by molar-refractivity contribution is 6.04. The highest BCUT2D eigenvalue weighted by Gasteiger charge is 2.52. The van der Waals surface area contributed by atoms with E-state index in [1.165, 1.54) is 106 Å². The zero-order valence-corrected chi connectivity index (χ0v) is 45.7. The maximum atomic E-state index is 2.53. The normalized spacial score (nSPS) is 16.4.